The molecule has 29 heavy (non-hydrogen) atoms. The molecule has 0 aromatic heterocycles. The van der Waals surface area contributed by atoms with E-state index >= 15 is 0 Å². The molecular weight excluding hydrogens is 386 g/mol. The minimum atomic E-state index is -3.50. The number of nitrogens with zero attached hydrogens (tertiary/aromatic N) is 2. The van der Waals surface area contributed by atoms with Crippen molar-refractivity contribution in [2.24, 2.45) is 0 Å². The molecule has 2 aromatic carbocycles. The van der Waals surface area contributed by atoms with Gasteiger partial charge in [0.2, 0.25) is 15.9 Å². The van der Waals surface area contributed by atoms with Crippen LogP contribution in [-0.4, -0.2) is 56.3 Å². The molecular formula is C22H29N3O3S. The summed E-state index contributed by atoms with van der Waals surface area (Å²) in [6.45, 7) is 6.27. The van der Waals surface area contributed by atoms with Gasteiger partial charge in [-0.1, -0.05) is 48.0 Å². The van der Waals surface area contributed by atoms with E-state index in [1.807, 2.05) is 61.2 Å². The number of hydrogen-bond donors (Lipinski definition) is 1. The van der Waals surface area contributed by atoms with Gasteiger partial charge >= 0.3 is 0 Å². The van der Waals surface area contributed by atoms with Gasteiger partial charge in [0.1, 0.15) is 0 Å². The molecule has 0 radical (unpaired) electrons. The van der Waals surface area contributed by atoms with Gasteiger partial charge in [-0.3, -0.25) is 9.69 Å². The van der Waals surface area contributed by atoms with Crippen LogP contribution in [0.3, 0.4) is 0 Å². The summed E-state index contributed by atoms with van der Waals surface area (Å²) in [6.07, 6.45) is 0.701. The lowest BCUT2D eigenvalue weighted by atomic mass is 10.1. The van der Waals surface area contributed by atoms with E-state index < -0.39 is 10.0 Å². The van der Waals surface area contributed by atoms with Crippen molar-refractivity contribution in [3.63, 3.8) is 0 Å². The number of aryl methyl sites for hydroxylation is 1. The van der Waals surface area contributed by atoms with Crippen molar-refractivity contribution >= 4 is 15.9 Å². The SMILES string of the molecule is Cc1ccc(S(=O)(=O)N2CCCN(CC(=O)N[C@@H](C)c3ccccc3)CC2)cc1. The Morgan fingerprint density at radius 2 is 1.69 bits per heavy atom. The average molecular weight is 416 g/mol. The van der Waals surface area contributed by atoms with Crippen molar-refractivity contribution in [2.75, 3.05) is 32.7 Å². The number of amides is 1. The van der Waals surface area contributed by atoms with E-state index in [1.165, 1.54) is 4.31 Å². The quantitative estimate of drug-likeness (QED) is 0.787. The van der Waals surface area contributed by atoms with Gasteiger partial charge in [-0.15, -0.1) is 0 Å². The van der Waals surface area contributed by atoms with E-state index in [0.29, 0.717) is 37.5 Å². The summed E-state index contributed by atoms with van der Waals surface area (Å²) < 4.78 is 27.4. The van der Waals surface area contributed by atoms with E-state index in [9.17, 15) is 13.2 Å². The molecule has 1 amide bonds. The molecule has 156 valence electrons. The Labute approximate surface area is 173 Å². The van der Waals surface area contributed by atoms with E-state index in [-0.39, 0.29) is 18.5 Å². The topological polar surface area (TPSA) is 69.7 Å². The number of carbonyl (C=O) groups excluding carboxylic acids is 1. The van der Waals surface area contributed by atoms with Gasteiger partial charge in [-0.05, 0) is 44.5 Å². The summed E-state index contributed by atoms with van der Waals surface area (Å²) in [5, 5.41) is 3.02. The molecule has 1 aliphatic rings. The Bertz CT molecular complexity index is 914. The monoisotopic (exact) mass is 415 g/mol. The summed E-state index contributed by atoms with van der Waals surface area (Å²) in [6, 6.07) is 16.7. The van der Waals surface area contributed by atoms with Crippen LogP contribution in [0.4, 0.5) is 0 Å². The van der Waals surface area contributed by atoms with Crippen molar-refractivity contribution in [2.45, 2.75) is 31.2 Å². The van der Waals surface area contributed by atoms with Crippen molar-refractivity contribution in [3.05, 3.63) is 65.7 Å². The highest BCUT2D eigenvalue weighted by molar-refractivity contribution is 7.89. The van der Waals surface area contributed by atoms with Crippen LogP contribution in [0.1, 0.15) is 30.5 Å². The molecule has 0 saturated carbocycles. The zero-order valence-electron chi connectivity index (χ0n) is 17.0. The third-order valence-electron chi connectivity index (χ3n) is 5.25. The predicted molar refractivity (Wildman–Crippen MR) is 114 cm³/mol. The maximum absolute atomic E-state index is 12.9. The predicted octanol–water partition coefficient (Wildman–Crippen LogP) is 2.57. The average Bonchev–Trinajstić information content (AvgIpc) is 2.95. The van der Waals surface area contributed by atoms with Gasteiger partial charge in [-0.25, -0.2) is 8.42 Å². The van der Waals surface area contributed by atoms with Gasteiger partial charge in [0.05, 0.1) is 17.5 Å². The number of sulfonamides is 1. The normalized spacial score (nSPS) is 17.4. The second-order valence-electron chi connectivity index (χ2n) is 7.55. The molecule has 1 heterocycles. The van der Waals surface area contributed by atoms with Gasteiger partial charge in [0, 0.05) is 19.6 Å². The Balaban J connectivity index is 1.55. The lowest BCUT2D eigenvalue weighted by Crippen LogP contribution is -2.40. The lowest BCUT2D eigenvalue weighted by molar-refractivity contribution is -0.122. The molecule has 3 rings (SSSR count). The van der Waals surface area contributed by atoms with Crippen LogP contribution >= 0.6 is 0 Å². The highest BCUT2D eigenvalue weighted by Gasteiger charge is 2.27. The Hall–Kier alpha value is -2.22. The van der Waals surface area contributed by atoms with E-state index in [0.717, 1.165) is 11.1 Å². The second-order valence-corrected chi connectivity index (χ2v) is 9.48. The molecule has 6 nitrogen and oxygen atoms in total. The fraction of sp³-hybridized carbons (Fsp3) is 0.409. The van der Waals surface area contributed by atoms with Crippen LogP contribution in [-0.2, 0) is 14.8 Å². The number of carbonyl (C=O) groups is 1. The highest BCUT2D eigenvalue weighted by atomic mass is 32.2. The van der Waals surface area contributed by atoms with E-state index in [4.69, 9.17) is 0 Å². The first-order valence-corrected chi connectivity index (χ1v) is 11.4. The smallest absolute Gasteiger partial charge is 0.243 e. The maximum Gasteiger partial charge on any atom is 0.243 e. The van der Waals surface area contributed by atoms with Crippen molar-refractivity contribution in [3.8, 4) is 0 Å². The molecule has 1 fully saturated rings. The van der Waals surface area contributed by atoms with Gasteiger partial charge in [-0.2, -0.15) is 4.31 Å². The summed E-state index contributed by atoms with van der Waals surface area (Å²) in [4.78, 5) is 14.8. The zero-order valence-corrected chi connectivity index (χ0v) is 17.9. The largest absolute Gasteiger partial charge is 0.348 e. The summed E-state index contributed by atoms with van der Waals surface area (Å²) in [7, 11) is -3.50. The zero-order chi connectivity index (χ0) is 20.9. The second kappa shape index (κ2) is 9.52. The molecule has 7 heteroatoms. The Morgan fingerprint density at radius 1 is 1.00 bits per heavy atom. The van der Waals surface area contributed by atoms with Gasteiger partial charge < -0.3 is 5.32 Å². The third kappa shape index (κ3) is 5.65. The summed E-state index contributed by atoms with van der Waals surface area (Å²) >= 11 is 0. The fourth-order valence-corrected chi connectivity index (χ4v) is 4.99. The number of rotatable bonds is 6. The maximum atomic E-state index is 12.9. The third-order valence-corrected chi connectivity index (χ3v) is 7.16. The number of hydrogen-bond acceptors (Lipinski definition) is 4. The van der Waals surface area contributed by atoms with Crippen LogP contribution in [0, 0.1) is 6.92 Å². The Kier molecular flexibility index (Phi) is 7.05. The lowest BCUT2D eigenvalue weighted by Gasteiger charge is -2.22. The van der Waals surface area contributed by atoms with Gasteiger partial charge in [0.25, 0.3) is 0 Å². The van der Waals surface area contributed by atoms with E-state index in [2.05, 4.69) is 5.32 Å². The van der Waals surface area contributed by atoms with Crippen molar-refractivity contribution in [1.82, 2.24) is 14.5 Å². The number of nitrogens with one attached hydrogen (secondary N) is 1. The van der Waals surface area contributed by atoms with Gasteiger partial charge in [0.15, 0.2) is 0 Å². The molecule has 0 bridgehead atoms. The fourth-order valence-electron chi connectivity index (χ4n) is 3.52. The van der Waals surface area contributed by atoms with E-state index in [1.54, 1.807) is 12.1 Å². The first kappa shape index (κ1) is 21.5. The molecule has 0 spiro atoms. The first-order chi connectivity index (χ1) is 13.9. The molecule has 1 saturated heterocycles. The minimum absolute atomic E-state index is 0.0452. The first-order valence-electron chi connectivity index (χ1n) is 10.00. The summed E-state index contributed by atoms with van der Waals surface area (Å²) in [5.74, 6) is -0.0452. The molecule has 1 aliphatic heterocycles. The molecule has 0 aliphatic carbocycles. The van der Waals surface area contributed by atoms with Crippen LogP contribution in [0.25, 0.3) is 0 Å². The van der Waals surface area contributed by atoms with Crippen LogP contribution in [0.15, 0.2) is 59.5 Å². The van der Waals surface area contributed by atoms with Crippen LogP contribution < -0.4 is 5.32 Å². The molecule has 0 unspecified atom stereocenters. The standard InChI is InChI=1S/C22H29N3O3S/c1-18-9-11-21(12-10-18)29(27,28)25-14-6-13-24(15-16-25)17-22(26)23-19(2)20-7-4-3-5-8-20/h3-5,7-12,19H,6,13-17H2,1-2H3,(H,23,26)/t19-/m0/s1. The molecule has 1 N–H and O–H groups in total. The number of benzene rings is 2. The minimum Gasteiger partial charge on any atom is -0.348 e. The van der Waals surface area contributed by atoms with Crippen LogP contribution in [0.2, 0.25) is 0 Å². The van der Waals surface area contributed by atoms with Crippen LogP contribution in [0.5, 0.6) is 0 Å². The van der Waals surface area contributed by atoms with Crippen molar-refractivity contribution in [1.29, 1.82) is 0 Å². The summed E-state index contributed by atoms with van der Waals surface area (Å²) in [5.41, 5.74) is 2.09. The highest BCUT2D eigenvalue weighted by Crippen LogP contribution is 2.18. The molecule has 2 aromatic rings. The Morgan fingerprint density at radius 3 is 2.38 bits per heavy atom. The van der Waals surface area contributed by atoms with Crippen molar-refractivity contribution < 1.29 is 13.2 Å². The molecule has 1 atom stereocenters.